The number of carbonyl (C=O) groups is 1. The first kappa shape index (κ1) is 14.9. The van der Waals surface area contributed by atoms with Gasteiger partial charge in [0, 0.05) is 6.04 Å². The number of nitrogens with zero attached hydrogens (tertiary/aromatic N) is 1. The quantitative estimate of drug-likeness (QED) is 0.858. The summed E-state index contributed by atoms with van der Waals surface area (Å²) in [6, 6.07) is 6.07. The lowest BCUT2D eigenvalue weighted by molar-refractivity contribution is -0.123. The molecule has 1 aromatic carbocycles. The second kappa shape index (κ2) is 6.81. The van der Waals surface area contributed by atoms with Crippen molar-refractivity contribution in [3.8, 4) is 0 Å². The van der Waals surface area contributed by atoms with E-state index in [-0.39, 0.29) is 30.4 Å². The average Bonchev–Trinajstić information content (AvgIpc) is 2.86. The Morgan fingerprint density at radius 3 is 2.85 bits per heavy atom. The molecule has 1 aliphatic heterocycles. The van der Waals surface area contributed by atoms with Gasteiger partial charge in [-0.1, -0.05) is 12.1 Å². The molecule has 1 unspecified atom stereocenters. The minimum Gasteiger partial charge on any atom is -0.395 e. The molecule has 0 bridgehead atoms. The van der Waals surface area contributed by atoms with E-state index in [1.165, 1.54) is 12.1 Å². The summed E-state index contributed by atoms with van der Waals surface area (Å²) in [5.74, 6) is -0.350. The molecule has 1 fully saturated rings. The van der Waals surface area contributed by atoms with E-state index >= 15 is 0 Å². The third-order valence-corrected chi connectivity index (χ3v) is 3.80. The van der Waals surface area contributed by atoms with Gasteiger partial charge in [0.2, 0.25) is 5.91 Å². The van der Waals surface area contributed by atoms with Crippen LogP contribution in [0.3, 0.4) is 0 Å². The third-order valence-electron chi connectivity index (χ3n) is 3.80. The summed E-state index contributed by atoms with van der Waals surface area (Å²) < 4.78 is 12.8. The van der Waals surface area contributed by atoms with E-state index in [2.05, 4.69) is 5.32 Å². The molecule has 110 valence electrons. The summed E-state index contributed by atoms with van der Waals surface area (Å²) in [5.41, 5.74) is 0.875. The van der Waals surface area contributed by atoms with Crippen molar-refractivity contribution in [1.29, 1.82) is 0 Å². The predicted molar refractivity (Wildman–Crippen MR) is 74.6 cm³/mol. The van der Waals surface area contributed by atoms with E-state index in [1.54, 1.807) is 12.1 Å². The lowest BCUT2D eigenvalue weighted by atomic mass is 10.1. The average molecular weight is 280 g/mol. The predicted octanol–water partition coefficient (Wildman–Crippen LogP) is 1.46. The zero-order chi connectivity index (χ0) is 14.5. The Hall–Kier alpha value is -1.46. The third kappa shape index (κ3) is 3.77. The molecule has 20 heavy (non-hydrogen) atoms. The van der Waals surface area contributed by atoms with E-state index in [0.29, 0.717) is 6.54 Å². The Balaban J connectivity index is 1.86. The van der Waals surface area contributed by atoms with Crippen LogP contribution in [0.1, 0.15) is 31.4 Å². The fourth-order valence-corrected chi connectivity index (χ4v) is 2.62. The standard InChI is InChI=1S/C15H21FN2O2/c1-11(12-4-6-13(16)7-5-12)17-15(20)9-18-8-2-3-14(18)10-19/h4-7,11,14,19H,2-3,8-10H2,1H3,(H,17,20)/t11?,14-/m1/s1. The van der Waals surface area contributed by atoms with E-state index in [1.807, 2.05) is 11.8 Å². The first-order valence-corrected chi connectivity index (χ1v) is 7.00. The SMILES string of the molecule is CC(NC(=O)CN1CCC[C@@H]1CO)c1ccc(F)cc1. The molecule has 0 radical (unpaired) electrons. The number of nitrogens with one attached hydrogen (secondary N) is 1. The van der Waals surface area contributed by atoms with E-state index in [9.17, 15) is 14.3 Å². The van der Waals surface area contributed by atoms with Crippen molar-refractivity contribution in [2.45, 2.75) is 31.8 Å². The molecule has 5 heteroatoms. The lowest BCUT2D eigenvalue weighted by Gasteiger charge is -2.23. The monoisotopic (exact) mass is 280 g/mol. The van der Waals surface area contributed by atoms with Crippen LogP contribution in [0, 0.1) is 5.82 Å². The molecule has 0 spiro atoms. The van der Waals surface area contributed by atoms with Gasteiger partial charge in [-0.15, -0.1) is 0 Å². The van der Waals surface area contributed by atoms with Crippen LogP contribution >= 0.6 is 0 Å². The smallest absolute Gasteiger partial charge is 0.234 e. The highest BCUT2D eigenvalue weighted by molar-refractivity contribution is 5.78. The Labute approximate surface area is 118 Å². The summed E-state index contributed by atoms with van der Waals surface area (Å²) >= 11 is 0. The van der Waals surface area contributed by atoms with Crippen LogP contribution in [0.15, 0.2) is 24.3 Å². The van der Waals surface area contributed by atoms with Crippen LogP contribution in [0.4, 0.5) is 4.39 Å². The maximum atomic E-state index is 12.8. The molecular weight excluding hydrogens is 259 g/mol. The van der Waals surface area contributed by atoms with Gasteiger partial charge < -0.3 is 10.4 Å². The molecule has 0 aromatic heterocycles. The Bertz CT molecular complexity index is 450. The van der Waals surface area contributed by atoms with Crippen LogP contribution in [0.25, 0.3) is 0 Å². The zero-order valence-electron chi connectivity index (χ0n) is 11.7. The van der Waals surface area contributed by atoms with E-state index < -0.39 is 0 Å². The summed E-state index contributed by atoms with van der Waals surface area (Å²) in [6.07, 6.45) is 1.96. The molecule has 2 atom stereocenters. The molecule has 1 aromatic rings. The summed E-state index contributed by atoms with van der Waals surface area (Å²) in [4.78, 5) is 14.0. The van der Waals surface area contributed by atoms with E-state index in [4.69, 9.17) is 0 Å². The van der Waals surface area contributed by atoms with Crippen LogP contribution in [0.5, 0.6) is 0 Å². The minimum absolute atomic E-state index is 0.0674. The molecule has 2 rings (SSSR count). The van der Waals surface area contributed by atoms with Crippen LogP contribution in [-0.2, 0) is 4.79 Å². The van der Waals surface area contributed by atoms with Crippen molar-refractivity contribution in [2.24, 2.45) is 0 Å². The number of aliphatic hydroxyl groups excluding tert-OH is 1. The normalized spacial score (nSPS) is 20.9. The van der Waals surface area contributed by atoms with Crippen molar-refractivity contribution in [3.05, 3.63) is 35.6 Å². The van der Waals surface area contributed by atoms with Gasteiger partial charge in [-0.25, -0.2) is 4.39 Å². The van der Waals surface area contributed by atoms with Gasteiger partial charge in [0.15, 0.2) is 0 Å². The van der Waals surface area contributed by atoms with Crippen molar-refractivity contribution in [1.82, 2.24) is 10.2 Å². The highest BCUT2D eigenvalue weighted by Crippen LogP contribution is 2.17. The maximum Gasteiger partial charge on any atom is 0.234 e. The van der Waals surface area contributed by atoms with E-state index in [0.717, 1.165) is 24.9 Å². The highest BCUT2D eigenvalue weighted by Gasteiger charge is 2.25. The van der Waals surface area contributed by atoms with Crippen molar-refractivity contribution in [2.75, 3.05) is 19.7 Å². The fraction of sp³-hybridized carbons (Fsp3) is 0.533. The number of hydrogen-bond acceptors (Lipinski definition) is 3. The number of carbonyl (C=O) groups excluding carboxylic acids is 1. The molecule has 0 saturated carbocycles. The highest BCUT2D eigenvalue weighted by atomic mass is 19.1. The largest absolute Gasteiger partial charge is 0.395 e. The first-order valence-electron chi connectivity index (χ1n) is 7.00. The van der Waals surface area contributed by atoms with Gasteiger partial charge in [-0.2, -0.15) is 0 Å². The second-order valence-corrected chi connectivity index (χ2v) is 5.29. The summed E-state index contributed by atoms with van der Waals surface area (Å²) in [5, 5.41) is 12.1. The molecule has 1 heterocycles. The lowest BCUT2D eigenvalue weighted by Crippen LogP contribution is -2.41. The number of aliphatic hydroxyl groups is 1. The summed E-state index contributed by atoms with van der Waals surface area (Å²) in [7, 11) is 0. The maximum absolute atomic E-state index is 12.8. The van der Waals surface area contributed by atoms with Gasteiger partial charge >= 0.3 is 0 Å². The van der Waals surface area contributed by atoms with Crippen LogP contribution in [-0.4, -0.2) is 41.7 Å². The van der Waals surface area contributed by atoms with Gasteiger partial charge in [0.05, 0.1) is 19.2 Å². The van der Waals surface area contributed by atoms with Gasteiger partial charge in [0.25, 0.3) is 0 Å². The Kier molecular flexibility index (Phi) is 5.09. The topological polar surface area (TPSA) is 52.6 Å². The van der Waals surface area contributed by atoms with Gasteiger partial charge in [-0.05, 0) is 44.0 Å². The fourth-order valence-electron chi connectivity index (χ4n) is 2.62. The number of likely N-dealkylation sites (tertiary alicyclic amines) is 1. The number of hydrogen-bond donors (Lipinski definition) is 2. The van der Waals surface area contributed by atoms with Crippen molar-refractivity contribution in [3.63, 3.8) is 0 Å². The first-order chi connectivity index (χ1) is 9.60. The molecular formula is C15H21FN2O2. The molecule has 1 aliphatic rings. The zero-order valence-corrected chi connectivity index (χ0v) is 11.7. The number of benzene rings is 1. The summed E-state index contributed by atoms with van der Waals surface area (Å²) in [6.45, 7) is 3.12. The molecule has 1 saturated heterocycles. The molecule has 1 amide bonds. The van der Waals surface area contributed by atoms with Crippen molar-refractivity contribution < 1.29 is 14.3 Å². The van der Waals surface area contributed by atoms with Gasteiger partial charge in [-0.3, -0.25) is 9.69 Å². The number of halogens is 1. The van der Waals surface area contributed by atoms with Crippen LogP contribution < -0.4 is 5.32 Å². The number of amides is 1. The minimum atomic E-state index is -0.282. The molecule has 0 aliphatic carbocycles. The second-order valence-electron chi connectivity index (χ2n) is 5.29. The number of rotatable bonds is 5. The molecule has 4 nitrogen and oxygen atoms in total. The Morgan fingerprint density at radius 2 is 2.20 bits per heavy atom. The van der Waals surface area contributed by atoms with Crippen molar-refractivity contribution >= 4 is 5.91 Å². The van der Waals surface area contributed by atoms with Gasteiger partial charge in [0.1, 0.15) is 5.82 Å². The van der Waals surface area contributed by atoms with Crippen LogP contribution in [0.2, 0.25) is 0 Å². The molecule has 2 N–H and O–H groups in total. The Morgan fingerprint density at radius 1 is 1.50 bits per heavy atom.